The third-order valence-corrected chi connectivity index (χ3v) is 5.01. The van der Waals surface area contributed by atoms with E-state index in [1.807, 2.05) is 49.4 Å². The van der Waals surface area contributed by atoms with Gasteiger partial charge in [0, 0.05) is 12.7 Å². The van der Waals surface area contributed by atoms with Crippen molar-refractivity contribution < 1.29 is 4.79 Å². The maximum atomic E-state index is 12.8. The van der Waals surface area contributed by atoms with Crippen LogP contribution in [0.4, 0.5) is 5.69 Å². The van der Waals surface area contributed by atoms with Crippen LogP contribution in [-0.4, -0.2) is 27.5 Å². The minimum atomic E-state index is -0.0977. The number of pyridine rings is 1. The highest BCUT2D eigenvalue weighted by Gasteiger charge is 2.32. The molecule has 0 N–H and O–H groups in total. The van der Waals surface area contributed by atoms with E-state index in [-0.39, 0.29) is 5.91 Å². The number of carbonyl (C=O) groups excluding carboxylic acids is 1. The second-order valence-electron chi connectivity index (χ2n) is 5.82. The first-order valence-corrected chi connectivity index (χ1v) is 9.53. The summed E-state index contributed by atoms with van der Waals surface area (Å²) in [5.41, 5.74) is 2.60. The van der Waals surface area contributed by atoms with Gasteiger partial charge in [-0.25, -0.2) is 9.98 Å². The highest BCUT2D eigenvalue weighted by atomic mass is 35.5. The summed E-state index contributed by atoms with van der Waals surface area (Å²) in [6.45, 7) is 6.08. The molecule has 0 atom stereocenters. The summed E-state index contributed by atoms with van der Waals surface area (Å²) in [7, 11) is 0. The average Bonchev–Trinajstić information content (AvgIpc) is 2.93. The summed E-state index contributed by atoms with van der Waals surface area (Å²) in [4.78, 5) is 23.6. The Morgan fingerprint density at radius 3 is 2.78 bits per heavy atom. The van der Waals surface area contributed by atoms with Crippen molar-refractivity contribution in [1.29, 1.82) is 0 Å². The van der Waals surface area contributed by atoms with Gasteiger partial charge in [-0.05, 0) is 48.0 Å². The summed E-state index contributed by atoms with van der Waals surface area (Å²) >= 11 is 7.42. The van der Waals surface area contributed by atoms with Gasteiger partial charge in [-0.3, -0.25) is 9.69 Å². The van der Waals surface area contributed by atoms with Crippen LogP contribution in [0.15, 0.2) is 82.9 Å². The standard InChI is InChI=1S/C21H18ClN3OS/c1-3-12-25-20(26)18(14-15(2)13-16-8-5-4-6-9-16)27-21(25)24-17-10-7-11-23-19(17)22/h3-11,13-14H,1,12H2,2H3/b15-13+,18-14-,24-21?. The van der Waals surface area contributed by atoms with E-state index in [0.717, 1.165) is 11.1 Å². The molecule has 0 bridgehead atoms. The van der Waals surface area contributed by atoms with Crippen LogP contribution >= 0.6 is 23.4 Å². The summed E-state index contributed by atoms with van der Waals surface area (Å²) in [5.74, 6) is -0.0977. The Kier molecular flexibility index (Phi) is 6.27. The van der Waals surface area contributed by atoms with Crippen LogP contribution in [0.25, 0.3) is 6.08 Å². The second kappa shape index (κ2) is 8.84. The van der Waals surface area contributed by atoms with Gasteiger partial charge in [0.15, 0.2) is 10.3 Å². The van der Waals surface area contributed by atoms with Crippen molar-refractivity contribution in [2.75, 3.05) is 6.54 Å². The van der Waals surface area contributed by atoms with Crippen LogP contribution < -0.4 is 0 Å². The molecule has 1 fully saturated rings. The molecule has 1 aromatic heterocycles. The maximum absolute atomic E-state index is 12.8. The number of hydrogen-bond donors (Lipinski definition) is 0. The van der Waals surface area contributed by atoms with Gasteiger partial charge >= 0.3 is 0 Å². The molecule has 27 heavy (non-hydrogen) atoms. The molecular formula is C21H18ClN3OS. The van der Waals surface area contributed by atoms with Crippen molar-refractivity contribution in [2.24, 2.45) is 4.99 Å². The van der Waals surface area contributed by atoms with Crippen LogP contribution in [0.5, 0.6) is 0 Å². The zero-order chi connectivity index (χ0) is 19.2. The van der Waals surface area contributed by atoms with Crippen molar-refractivity contribution in [3.05, 3.63) is 88.6 Å². The van der Waals surface area contributed by atoms with E-state index >= 15 is 0 Å². The molecule has 2 aromatic rings. The van der Waals surface area contributed by atoms with Gasteiger partial charge < -0.3 is 0 Å². The van der Waals surface area contributed by atoms with E-state index in [1.165, 1.54) is 11.8 Å². The molecule has 0 unspecified atom stereocenters. The number of rotatable bonds is 5. The number of amidine groups is 1. The van der Waals surface area contributed by atoms with Crippen molar-refractivity contribution in [1.82, 2.24) is 9.88 Å². The molecule has 0 radical (unpaired) electrons. The van der Waals surface area contributed by atoms with Crippen molar-refractivity contribution in [3.8, 4) is 0 Å². The van der Waals surface area contributed by atoms with Crippen LogP contribution in [-0.2, 0) is 4.79 Å². The zero-order valence-corrected chi connectivity index (χ0v) is 16.4. The Morgan fingerprint density at radius 2 is 2.07 bits per heavy atom. The molecule has 2 heterocycles. The fraction of sp³-hybridized carbons (Fsp3) is 0.0952. The molecule has 0 saturated carbocycles. The first-order chi connectivity index (χ1) is 13.1. The Balaban J connectivity index is 1.92. The second-order valence-corrected chi connectivity index (χ2v) is 7.19. The molecule has 3 rings (SSSR count). The van der Waals surface area contributed by atoms with Gasteiger partial charge in [0.05, 0.1) is 4.91 Å². The number of amides is 1. The highest BCUT2D eigenvalue weighted by Crippen LogP contribution is 2.34. The predicted molar refractivity (Wildman–Crippen MR) is 114 cm³/mol. The fourth-order valence-corrected chi connectivity index (χ4v) is 3.72. The number of carbonyl (C=O) groups is 1. The highest BCUT2D eigenvalue weighted by molar-refractivity contribution is 8.18. The van der Waals surface area contributed by atoms with Gasteiger partial charge in [-0.2, -0.15) is 0 Å². The molecule has 6 heteroatoms. The molecule has 1 aliphatic heterocycles. The smallest absolute Gasteiger partial charge is 0.267 e. The Hall–Kier alpha value is -2.63. The van der Waals surface area contributed by atoms with Gasteiger partial charge in [0.2, 0.25) is 0 Å². The Bertz CT molecular complexity index is 951. The number of allylic oxidation sites excluding steroid dienone is 2. The lowest BCUT2D eigenvalue weighted by Gasteiger charge is -2.12. The number of nitrogens with zero attached hydrogens (tertiary/aromatic N) is 3. The number of aromatic nitrogens is 1. The van der Waals surface area contributed by atoms with Crippen LogP contribution in [0.2, 0.25) is 5.15 Å². The van der Waals surface area contributed by atoms with Crippen molar-refractivity contribution in [2.45, 2.75) is 6.92 Å². The molecular weight excluding hydrogens is 378 g/mol. The number of aliphatic imine (C=N–C) groups is 1. The molecule has 1 aromatic carbocycles. The van der Waals surface area contributed by atoms with Crippen LogP contribution in [0.3, 0.4) is 0 Å². The third-order valence-electron chi connectivity index (χ3n) is 3.71. The van der Waals surface area contributed by atoms with E-state index in [4.69, 9.17) is 11.6 Å². The lowest BCUT2D eigenvalue weighted by atomic mass is 10.1. The summed E-state index contributed by atoms with van der Waals surface area (Å²) in [6.07, 6.45) is 7.19. The summed E-state index contributed by atoms with van der Waals surface area (Å²) < 4.78 is 0. The Morgan fingerprint density at radius 1 is 1.30 bits per heavy atom. The van der Waals surface area contributed by atoms with Gasteiger partial charge in [0.25, 0.3) is 5.91 Å². The molecule has 1 amide bonds. The van der Waals surface area contributed by atoms with Gasteiger partial charge in [0.1, 0.15) is 5.69 Å². The SMILES string of the molecule is C=CCN1C(=O)/C(=C/C(C)=C/c2ccccc2)SC1=Nc1cccnc1Cl. The van der Waals surface area contributed by atoms with Crippen molar-refractivity contribution in [3.63, 3.8) is 0 Å². The minimum Gasteiger partial charge on any atom is -0.283 e. The van der Waals surface area contributed by atoms with E-state index in [9.17, 15) is 4.79 Å². The predicted octanol–water partition coefficient (Wildman–Crippen LogP) is 5.47. The molecule has 0 aliphatic carbocycles. The quantitative estimate of drug-likeness (QED) is 0.383. The maximum Gasteiger partial charge on any atom is 0.267 e. The van der Waals surface area contributed by atoms with Gasteiger partial charge in [-0.1, -0.05) is 54.1 Å². The largest absolute Gasteiger partial charge is 0.283 e. The van der Waals surface area contributed by atoms with Crippen LogP contribution in [0, 0.1) is 0 Å². The normalized spacial score (nSPS) is 17.8. The zero-order valence-electron chi connectivity index (χ0n) is 14.8. The van der Waals surface area contributed by atoms with E-state index in [1.54, 1.807) is 29.3 Å². The van der Waals surface area contributed by atoms with E-state index in [0.29, 0.717) is 27.5 Å². The number of thioether (sulfide) groups is 1. The monoisotopic (exact) mass is 395 g/mol. The van der Waals surface area contributed by atoms with E-state index in [2.05, 4.69) is 16.6 Å². The number of halogens is 1. The number of hydrogen-bond acceptors (Lipinski definition) is 4. The van der Waals surface area contributed by atoms with Crippen LogP contribution in [0.1, 0.15) is 12.5 Å². The van der Waals surface area contributed by atoms with E-state index < -0.39 is 0 Å². The first-order valence-electron chi connectivity index (χ1n) is 8.33. The van der Waals surface area contributed by atoms with Gasteiger partial charge in [-0.15, -0.1) is 6.58 Å². The first kappa shape index (κ1) is 19.1. The lowest BCUT2D eigenvalue weighted by Crippen LogP contribution is -2.29. The number of benzene rings is 1. The molecule has 136 valence electrons. The molecule has 1 saturated heterocycles. The fourth-order valence-electron chi connectivity index (χ4n) is 2.51. The summed E-state index contributed by atoms with van der Waals surface area (Å²) in [5, 5.41) is 0.864. The lowest BCUT2D eigenvalue weighted by molar-refractivity contribution is -0.121. The molecule has 1 aliphatic rings. The summed E-state index contributed by atoms with van der Waals surface area (Å²) in [6, 6.07) is 13.5. The Labute approximate surface area is 168 Å². The molecule has 4 nitrogen and oxygen atoms in total. The third kappa shape index (κ3) is 4.76. The topological polar surface area (TPSA) is 45.6 Å². The minimum absolute atomic E-state index is 0.0977. The molecule has 0 spiro atoms. The van der Waals surface area contributed by atoms with Crippen molar-refractivity contribution >= 4 is 46.2 Å². The average molecular weight is 396 g/mol.